The van der Waals surface area contributed by atoms with E-state index in [1.165, 1.54) is 17.5 Å². The minimum absolute atomic E-state index is 0.163. The number of halogens is 1. The van der Waals surface area contributed by atoms with Crippen molar-refractivity contribution >= 4 is 17.5 Å². The molecular formula is C15H18ClNO2. The lowest BCUT2D eigenvalue weighted by Gasteiger charge is -2.37. The molecule has 0 bridgehead atoms. The number of hydrogen-bond donors (Lipinski definition) is 0. The number of ether oxygens (including phenoxy) is 1. The van der Waals surface area contributed by atoms with Crippen molar-refractivity contribution in [3.8, 4) is 5.75 Å². The summed E-state index contributed by atoms with van der Waals surface area (Å²) in [4.78, 5) is 13.8. The maximum absolute atomic E-state index is 11.8. The van der Waals surface area contributed by atoms with Crippen LogP contribution in [0.5, 0.6) is 5.75 Å². The summed E-state index contributed by atoms with van der Waals surface area (Å²) < 4.78 is 5.31. The molecule has 1 aromatic carbocycles. The van der Waals surface area contributed by atoms with Crippen LogP contribution < -0.4 is 4.74 Å². The highest BCUT2D eigenvalue weighted by atomic mass is 35.5. The number of benzene rings is 1. The van der Waals surface area contributed by atoms with Gasteiger partial charge >= 0.3 is 0 Å². The van der Waals surface area contributed by atoms with Crippen LogP contribution in [-0.2, 0) is 11.2 Å². The van der Waals surface area contributed by atoms with Crippen molar-refractivity contribution in [1.82, 2.24) is 4.90 Å². The van der Waals surface area contributed by atoms with Crippen molar-refractivity contribution in [3.05, 3.63) is 28.3 Å². The number of fused-ring (bicyclic) bond motifs is 3. The average molecular weight is 280 g/mol. The van der Waals surface area contributed by atoms with E-state index >= 15 is 0 Å². The number of rotatable bonds is 1. The first kappa shape index (κ1) is 12.8. The van der Waals surface area contributed by atoms with E-state index in [0.29, 0.717) is 16.7 Å². The fraction of sp³-hybridized carbons (Fsp3) is 0.533. The predicted molar refractivity (Wildman–Crippen MR) is 74.6 cm³/mol. The zero-order chi connectivity index (χ0) is 13.6. The third-order valence-corrected chi connectivity index (χ3v) is 4.67. The average Bonchev–Trinajstić information content (AvgIpc) is 2.74. The highest BCUT2D eigenvalue weighted by molar-refractivity contribution is 6.32. The van der Waals surface area contributed by atoms with Gasteiger partial charge in [-0.3, -0.25) is 4.79 Å². The van der Waals surface area contributed by atoms with E-state index in [1.807, 2.05) is 17.0 Å². The van der Waals surface area contributed by atoms with Crippen molar-refractivity contribution in [2.45, 2.75) is 32.2 Å². The van der Waals surface area contributed by atoms with Gasteiger partial charge in [0.05, 0.1) is 18.2 Å². The number of amides is 1. The summed E-state index contributed by atoms with van der Waals surface area (Å²) in [6.07, 6.45) is 3.30. The van der Waals surface area contributed by atoms with Crippen molar-refractivity contribution in [2.75, 3.05) is 13.7 Å². The molecule has 1 amide bonds. The largest absolute Gasteiger partial charge is 0.495 e. The first-order valence-electron chi connectivity index (χ1n) is 6.75. The zero-order valence-corrected chi connectivity index (χ0v) is 12.0. The number of hydrogen-bond acceptors (Lipinski definition) is 2. The van der Waals surface area contributed by atoms with Crippen molar-refractivity contribution < 1.29 is 9.53 Å². The van der Waals surface area contributed by atoms with Crippen molar-refractivity contribution in [1.29, 1.82) is 0 Å². The molecule has 2 atom stereocenters. The van der Waals surface area contributed by atoms with Crippen LogP contribution in [0.15, 0.2) is 12.1 Å². The van der Waals surface area contributed by atoms with Gasteiger partial charge in [-0.25, -0.2) is 0 Å². The monoisotopic (exact) mass is 279 g/mol. The summed E-state index contributed by atoms with van der Waals surface area (Å²) in [6.45, 7) is 2.52. The van der Waals surface area contributed by atoms with Gasteiger partial charge in [0.25, 0.3) is 0 Å². The molecule has 102 valence electrons. The predicted octanol–water partition coefficient (Wildman–Crippen LogP) is 3.20. The number of carbonyl (C=O) groups excluding carboxylic acids is 1. The number of carbonyl (C=O) groups is 1. The smallest absolute Gasteiger partial charge is 0.219 e. The topological polar surface area (TPSA) is 29.5 Å². The molecule has 1 saturated heterocycles. The van der Waals surface area contributed by atoms with Gasteiger partial charge in [-0.05, 0) is 48.4 Å². The van der Waals surface area contributed by atoms with Crippen LogP contribution in [0.25, 0.3) is 0 Å². The Hall–Kier alpha value is -1.22. The van der Waals surface area contributed by atoms with Gasteiger partial charge in [-0.15, -0.1) is 0 Å². The second-order valence-electron chi connectivity index (χ2n) is 5.45. The summed E-state index contributed by atoms with van der Waals surface area (Å²) in [7, 11) is 1.63. The molecule has 2 aliphatic rings. The normalized spacial score (nSPS) is 24.9. The second-order valence-corrected chi connectivity index (χ2v) is 5.86. The molecule has 3 rings (SSSR count). The Morgan fingerprint density at radius 2 is 2.26 bits per heavy atom. The van der Waals surface area contributed by atoms with Crippen molar-refractivity contribution in [3.63, 3.8) is 0 Å². The third-order valence-electron chi connectivity index (χ3n) is 4.38. The summed E-state index contributed by atoms with van der Waals surface area (Å²) in [6, 6.07) is 4.24. The van der Waals surface area contributed by atoms with Crippen LogP contribution in [0.4, 0.5) is 0 Å². The highest BCUT2D eigenvalue weighted by Gasteiger charge is 2.40. The highest BCUT2D eigenvalue weighted by Crippen LogP contribution is 2.47. The summed E-state index contributed by atoms with van der Waals surface area (Å²) in [5, 5.41) is 0.661. The SMILES string of the molecule is COc1cc2c(cc1Cl)C[C@H]1CCCN(C(C)=O)[C@H]21. The van der Waals surface area contributed by atoms with Gasteiger partial charge in [0.1, 0.15) is 5.75 Å². The van der Waals surface area contributed by atoms with E-state index in [9.17, 15) is 4.79 Å². The van der Waals surface area contributed by atoms with E-state index < -0.39 is 0 Å². The zero-order valence-electron chi connectivity index (χ0n) is 11.3. The van der Waals surface area contributed by atoms with Crippen LogP contribution in [0.3, 0.4) is 0 Å². The Labute approximate surface area is 118 Å². The minimum atomic E-state index is 0.163. The molecule has 0 N–H and O–H groups in total. The van der Waals surface area contributed by atoms with Gasteiger partial charge in [-0.1, -0.05) is 11.6 Å². The number of methoxy groups -OCH3 is 1. The molecule has 4 heteroatoms. The molecule has 1 aromatic rings. The molecule has 1 aliphatic heterocycles. The molecule has 19 heavy (non-hydrogen) atoms. The van der Waals surface area contributed by atoms with Crippen LogP contribution in [0, 0.1) is 5.92 Å². The van der Waals surface area contributed by atoms with E-state index in [4.69, 9.17) is 16.3 Å². The first-order chi connectivity index (χ1) is 9.11. The maximum Gasteiger partial charge on any atom is 0.219 e. The Morgan fingerprint density at radius 1 is 1.47 bits per heavy atom. The fourth-order valence-corrected chi connectivity index (χ4v) is 3.83. The number of likely N-dealkylation sites (tertiary alicyclic amines) is 1. The Balaban J connectivity index is 2.06. The van der Waals surface area contributed by atoms with Crippen LogP contribution >= 0.6 is 11.6 Å². The Morgan fingerprint density at radius 3 is 2.95 bits per heavy atom. The molecule has 1 aliphatic carbocycles. The standard InChI is InChI=1S/C15H18ClNO2/c1-9(18)17-5-3-4-10-6-11-7-13(16)14(19-2)8-12(11)15(10)17/h7-8,10,15H,3-6H2,1-2H3/t10-,15+/m1/s1. The quantitative estimate of drug-likeness (QED) is 0.790. The molecule has 3 nitrogen and oxygen atoms in total. The molecule has 0 spiro atoms. The number of nitrogens with zero attached hydrogens (tertiary/aromatic N) is 1. The second kappa shape index (κ2) is 4.71. The van der Waals surface area contributed by atoms with Gasteiger partial charge in [0.15, 0.2) is 0 Å². The number of piperidine rings is 1. The molecule has 0 saturated carbocycles. The Kier molecular flexibility index (Phi) is 3.17. The minimum Gasteiger partial charge on any atom is -0.495 e. The molecule has 0 unspecified atom stereocenters. The molecular weight excluding hydrogens is 262 g/mol. The third kappa shape index (κ3) is 2.00. The molecule has 0 aromatic heterocycles. The van der Waals surface area contributed by atoms with Crippen LogP contribution in [-0.4, -0.2) is 24.5 Å². The fourth-order valence-electron chi connectivity index (χ4n) is 3.57. The Bertz CT molecular complexity index is 529. The molecule has 1 heterocycles. The lowest BCUT2D eigenvalue weighted by atomic mass is 9.90. The van der Waals surface area contributed by atoms with Gasteiger partial charge in [0, 0.05) is 13.5 Å². The van der Waals surface area contributed by atoms with E-state index in [0.717, 1.165) is 19.4 Å². The molecule has 1 fully saturated rings. The summed E-state index contributed by atoms with van der Waals surface area (Å²) in [5.74, 6) is 1.41. The molecule has 0 radical (unpaired) electrons. The lowest BCUT2D eigenvalue weighted by molar-refractivity contribution is -0.133. The van der Waals surface area contributed by atoms with Crippen molar-refractivity contribution in [2.24, 2.45) is 5.92 Å². The van der Waals surface area contributed by atoms with Crippen LogP contribution in [0.1, 0.15) is 36.9 Å². The van der Waals surface area contributed by atoms with Gasteiger partial charge < -0.3 is 9.64 Å². The van der Waals surface area contributed by atoms with E-state index in [1.54, 1.807) is 14.0 Å². The summed E-state index contributed by atoms with van der Waals surface area (Å²) >= 11 is 6.20. The van der Waals surface area contributed by atoms with E-state index in [2.05, 4.69) is 0 Å². The first-order valence-corrected chi connectivity index (χ1v) is 7.13. The lowest BCUT2D eigenvalue weighted by Crippen LogP contribution is -2.39. The van der Waals surface area contributed by atoms with Gasteiger partial charge in [0.2, 0.25) is 5.91 Å². The van der Waals surface area contributed by atoms with Gasteiger partial charge in [-0.2, -0.15) is 0 Å². The van der Waals surface area contributed by atoms with Crippen LogP contribution in [0.2, 0.25) is 5.02 Å². The maximum atomic E-state index is 11.8. The van der Waals surface area contributed by atoms with E-state index in [-0.39, 0.29) is 11.9 Å². The summed E-state index contributed by atoms with van der Waals surface area (Å²) in [5.41, 5.74) is 2.50.